The van der Waals surface area contributed by atoms with Crippen LogP contribution in [-0.4, -0.2) is 35.7 Å². The zero-order valence-electron chi connectivity index (χ0n) is 21.2. The van der Waals surface area contributed by atoms with Gasteiger partial charge in [-0.15, -0.1) is 0 Å². The summed E-state index contributed by atoms with van der Waals surface area (Å²) >= 11 is 0. The van der Waals surface area contributed by atoms with Gasteiger partial charge in [-0.2, -0.15) is 0 Å². The molecule has 2 aromatic carbocycles. The fourth-order valence-corrected chi connectivity index (χ4v) is 5.19. The number of aliphatic imine (C=N–C) groups is 1. The van der Waals surface area contributed by atoms with Crippen molar-refractivity contribution >= 4 is 44.5 Å². The van der Waals surface area contributed by atoms with E-state index in [1.807, 2.05) is 48.5 Å². The van der Waals surface area contributed by atoms with Gasteiger partial charge in [0.1, 0.15) is 5.84 Å². The van der Waals surface area contributed by atoms with Crippen molar-refractivity contribution in [3.63, 3.8) is 0 Å². The molecule has 0 atom stereocenters. The highest BCUT2D eigenvalue weighted by atomic mass is 15.1. The van der Waals surface area contributed by atoms with Gasteiger partial charge in [-0.05, 0) is 30.3 Å². The van der Waals surface area contributed by atoms with Crippen molar-refractivity contribution in [2.45, 2.75) is 6.54 Å². The van der Waals surface area contributed by atoms with Crippen molar-refractivity contribution in [1.29, 1.82) is 0 Å². The van der Waals surface area contributed by atoms with Crippen LogP contribution in [0.25, 0.3) is 55.5 Å². The van der Waals surface area contributed by atoms with Gasteiger partial charge in [0, 0.05) is 69.7 Å². The number of benzene rings is 2. The molecule has 1 N–H and O–H groups in total. The molecule has 188 valence electrons. The van der Waals surface area contributed by atoms with Gasteiger partial charge >= 0.3 is 0 Å². The minimum atomic E-state index is 0.596. The van der Waals surface area contributed by atoms with E-state index in [1.165, 1.54) is 0 Å². The van der Waals surface area contributed by atoms with Crippen molar-refractivity contribution in [3.05, 3.63) is 115 Å². The first-order chi connectivity index (χ1) is 19.8. The second-order valence-corrected chi connectivity index (χ2v) is 9.55. The molecule has 7 aromatic rings. The molecule has 8 rings (SSSR count). The lowest BCUT2D eigenvalue weighted by molar-refractivity contribution is 0.881. The van der Waals surface area contributed by atoms with Gasteiger partial charge < -0.3 is 5.32 Å². The molecular formula is C32H20N8. The summed E-state index contributed by atoms with van der Waals surface area (Å²) < 4.78 is 0. The second-order valence-electron chi connectivity index (χ2n) is 9.55. The molecule has 6 heterocycles. The third-order valence-corrected chi connectivity index (χ3v) is 7.14. The molecule has 0 unspecified atom stereocenters. The first-order valence-electron chi connectivity index (χ1n) is 12.9. The third-order valence-electron chi connectivity index (χ3n) is 7.14. The molecule has 0 fully saturated rings. The summed E-state index contributed by atoms with van der Waals surface area (Å²) in [4.78, 5) is 33.2. The molecule has 5 aromatic heterocycles. The van der Waals surface area contributed by atoms with Crippen molar-refractivity contribution in [1.82, 2.24) is 35.2 Å². The Balaban J connectivity index is 1.39. The number of nitrogens with one attached hydrogen (secondary N) is 1. The zero-order valence-corrected chi connectivity index (χ0v) is 21.2. The van der Waals surface area contributed by atoms with E-state index in [1.54, 1.807) is 24.8 Å². The summed E-state index contributed by atoms with van der Waals surface area (Å²) in [6.07, 6.45) is 7.11. The van der Waals surface area contributed by atoms with Crippen LogP contribution in [-0.2, 0) is 6.54 Å². The highest BCUT2D eigenvalue weighted by Gasteiger charge is 2.20. The predicted octanol–water partition coefficient (Wildman–Crippen LogP) is 6.03. The Morgan fingerprint density at radius 2 is 1.50 bits per heavy atom. The smallest absolute Gasteiger partial charge is 0.163 e. The Hall–Kier alpha value is -5.63. The Morgan fingerprint density at radius 3 is 2.42 bits per heavy atom. The average molecular weight is 517 g/mol. The normalized spacial score (nSPS) is 12.8. The van der Waals surface area contributed by atoms with Crippen LogP contribution >= 0.6 is 0 Å². The zero-order chi connectivity index (χ0) is 26.5. The molecule has 1 aliphatic rings. The maximum Gasteiger partial charge on any atom is 0.163 e. The Labute approximate surface area is 228 Å². The highest BCUT2D eigenvalue weighted by molar-refractivity contribution is 6.17. The van der Waals surface area contributed by atoms with Gasteiger partial charge in [-0.1, -0.05) is 48.5 Å². The van der Waals surface area contributed by atoms with Crippen LogP contribution in [0.2, 0.25) is 0 Å². The molecule has 8 nitrogen and oxygen atoms in total. The van der Waals surface area contributed by atoms with E-state index >= 15 is 0 Å². The summed E-state index contributed by atoms with van der Waals surface area (Å²) in [5.41, 5.74) is 6.94. The van der Waals surface area contributed by atoms with Crippen molar-refractivity contribution in [2.24, 2.45) is 4.99 Å². The van der Waals surface area contributed by atoms with Crippen LogP contribution < -0.4 is 5.32 Å². The van der Waals surface area contributed by atoms with E-state index in [-0.39, 0.29) is 0 Å². The summed E-state index contributed by atoms with van der Waals surface area (Å²) in [6.45, 7) is 0.649. The highest BCUT2D eigenvalue weighted by Crippen LogP contribution is 2.34. The number of rotatable bonds is 3. The van der Waals surface area contributed by atoms with E-state index in [4.69, 9.17) is 19.9 Å². The number of fused-ring (bicyclic) bond motifs is 5. The number of nitrogens with zero attached hydrogens (tertiary/aromatic N) is 7. The van der Waals surface area contributed by atoms with Gasteiger partial charge in [0.15, 0.2) is 17.3 Å². The molecule has 0 amide bonds. The van der Waals surface area contributed by atoms with E-state index in [2.05, 4.69) is 50.6 Å². The van der Waals surface area contributed by atoms with E-state index < -0.39 is 0 Å². The minimum Gasteiger partial charge on any atom is -0.365 e. The topological polar surface area (TPSA) is 102 Å². The first-order valence-corrected chi connectivity index (χ1v) is 12.9. The van der Waals surface area contributed by atoms with Gasteiger partial charge in [-0.3, -0.25) is 4.98 Å². The number of hydrogen-bond donors (Lipinski definition) is 1. The molecule has 0 saturated carbocycles. The minimum absolute atomic E-state index is 0.596. The van der Waals surface area contributed by atoms with Crippen molar-refractivity contribution in [2.75, 3.05) is 0 Å². The second kappa shape index (κ2) is 8.99. The Bertz CT molecular complexity index is 2120. The molecule has 0 radical (unpaired) electrons. The summed E-state index contributed by atoms with van der Waals surface area (Å²) in [5.74, 6) is 2.08. The third kappa shape index (κ3) is 3.65. The molecule has 0 bridgehead atoms. The van der Waals surface area contributed by atoms with Crippen LogP contribution in [0.4, 0.5) is 5.82 Å². The quantitative estimate of drug-likeness (QED) is 0.286. The largest absolute Gasteiger partial charge is 0.365 e. The Kier molecular flexibility index (Phi) is 5.03. The lowest BCUT2D eigenvalue weighted by Crippen LogP contribution is -2.27. The van der Waals surface area contributed by atoms with Crippen molar-refractivity contribution < 1.29 is 0 Å². The van der Waals surface area contributed by atoms with E-state index in [0.29, 0.717) is 18.0 Å². The van der Waals surface area contributed by atoms with Crippen LogP contribution in [0.1, 0.15) is 11.1 Å². The molecule has 0 saturated heterocycles. The first kappa shape index (κ1) is 22.4. The monoisotopic (exact) mass is 516 g/mol. The standard InChI is InChI=1S/C32H20N8/c1-2-6-19(7-3-1)26-16-25(32-37-18-21-9-5-14-35-30(21)40-32)23-11-10-22-24(12-15-33-27(22)28(23)38-26)31-36-17-20-8-4-13-34-29(20)39-31/h1-17H,18H2,(H,35,37,40). The number of pyridine rings is 4. The van der Waals surface area contributed by atoms with E-state index in [9.17, 15) is 0 Å². The average Bonchev–Trinajstić information content (AvgIpc) is 3.03. The van der Waals surface area contributed by atoms with Gasteiger partial charge in [0.25, 0.3) is 0 Å². The lowest BCUT2D eigenvalue weighted by atomic mass is 9.99. The summed E-state index contributed by atoms with van der Waals surface area (Å²) in [6, 6.07) is 26.1. The molecule has 0 aliphatic carbocycles. The van der Waals surface area contributed by atoms with Crippen LogP contribution in [0.5, 0.6) is 0 Å². The maximum atomic E-state index is 5.14. The predicted molar refractivity (Wildman–Crippen MR) is 156 cm³/mol. The van der Waals surface area contributed by atoms with Gasteiger partial charge in [0.2, 0.25) is 0 Å². The fraction of sp³-hybridized carbons (Fsp3) is 0.0312. The SMILES string of the molecule is c1ccc(-c2cc(C3=Nc4ncccc4CN3)c3ccc4c(-c5ncc6cccnc6n5)ccnc4c3n2)cc1. The molecule has 0 spiro atoms. The fourth-order valence-electron chi connectivity index (χ4n) is 5.19. The van der Waals surface area contributed by atoms with Crippen LogP contribution in [0.3, 0.4) is 0 Å². The maximum absolute atomic E-state index is 5.14. The van der Waals surface area contributed by atoms with Crippen LogP contribution in [0.15, 0.2) is 109 Å². The number of amidine groups is 1. The molecular weight excluding hydrogens is 496 g/mol. The van der Waals surface area contributed by atoms with Gasteiger partial charge in [-0.25, -0.2) is 29.9 Å². The van der Waals surface area contributed by atoms with E-state index in [0.717, 1.165) is 66.8 Å². The number of hydrogen-bond acceptors (Lipinski definition) is 8. The Morgan fingerprint density at radius 1 is 0.650 bits per heavy atom. The summed E-state index contributed by atoms with van der Waals surface area (Å²) in [5, 5.41) is 6.26. The van der Waals surface area contributed by atoms with Crippen molar-refractivity contribution in [3.8, 4) is 22.6 Å². The van der Waals surface area contributed by atoms with Gasteiger partial charge in [0.05, 0.1) is 16.7 Å². The lowest BCUT2D eigenvalue weighted by Gasteiger charge is -2.19. The molecule has 8 heteroatoms. The molecule has 1 aliphatic heterocycles. The molecule has 40 heavy (non-hydrogen) atoms. The van der Waals surface area contributed by atoms with Crippen LogP contribution in [0, 0.1) is 0 Å². The summed E-state index contributed by atoms with van der Waals surface area (Å²) in [7, 11) is 0. The number of aromatic nitrogens is 6.